The van der Waals surface area contributed by atoms with E-state index in [1.54, 1.807) is 6.92 Å². The lowest BCUT2D eigenvalue weighted by Crippen LogP contribution is -2.00. The van der Waals surface area contributed by atoms with Gasteiger partial charge in [-0.15, -0.1) is 0 Å². The second kappa shape index (κ2) is 3.89. The molecular weight excluding hydrogens is 226 g/mol. The number of methoxy groups -OCH3 is 1. The summed E-state index contributed by atoms with van der Waals surface area (Å²) >= 11 is 0. The first-order chi connectivity index (χ1) is 8.02. The molecule has 6 nitrogen and oxygen atoms in total. The molecule has 1 heterocycles. The predicted octanol–water partition coefficient (Wildman–Crippen LogP) is 2.02. The number of hydrogen-bond donors (Lipinski definition) is 0. The van der Waals surface area contributed by atoms with Gasteiger partial charge >= 0.3 is 11.3 Å². The van der Waals surface area contributed by atoms with Crippen molar-refractivity contribution >= 4 is 16.7 Å². The SMILES string of the molecule is COc1cc2c(C)cc(=O)oc2cc1[N+](=O)[O-]. The zero-order chi connectivity index (χ0) is 12.6. The molecule has 2 rings (SSSR count). The smallest absolute Gasteiger partial charge is 0.336 e. The van der Waals surface area contributed by atoms with Crippen molar-refractivity contribution < 1.29 is 14.1 Å². The minimum absolute atomic E-state index is 0.138. The molecule has 0 aliphatic heterocycles. The van der Waals surface area contributed by atoms with E-state index in [1.807, 2.05) is 0 Å². The Balaban J connectivity index is 2.87. The van der Waals surface area contributed by atoms with E-state index < -0.39 is 10.5 Å². The monoisotopic (exact) mass is 235 g/mol. The van der Waals surface area contributed by atoms with Gasteiger partial charge in [0.15, 0.2) is 5.75 Å². The van der Waals surface area contributed by atoms with Gasteiger partial charge in [0, 0.05) is 11.5 Å². The van der Waals surface area contributed by atoms with Crippen LogP contribution in [-0.4, -0.2) is 12.0 Å². The third-order valence-corrected chi connectivity index (χ3v) is 2.45. The van der Waals surface area contributed by atoms with Crippen molar-refractivity contribution in [3.8, 4) is 5.75 Å². The number of nitrogens with zero attached hydrogens (tertiary/aromatic N) is 1. The Hall–Kier alpha value is -2.37. The van der Waals surface area contributed by atoms with Gasteiger partial charge in [-0.3, -0.25) is 10.1 Å². The van der Waals surface area contributed by atoms with Crippen LogP contribution in [0.4, 0.5) is 5.69 Å². The van der Waals surface area contributed by atoms with Crippen LogP contribution >= 0.6 is 0 Å². The number of aryl methyl sites for hydroxylation is 1. The lowest BCUT2D eigenvalue weighted by molar-refractivity contribution is -0.385. The predicted molar refractivity (Wildman–Crippen MR) is 60.4 cm³/mol. The Labute approximate surface area is 95.6 Å². The summed E-state index contributed by atoms with van der Waals surface area (Å²) in [5.41, 5.74) is 0.107. The number of rotatable bonds is 2. The largest absolute Gasteiger partial charge is 0.490 e. The molecule has 1 aromatic heterocycles. The van der Waals surface area contributed by atoms with Gasteiger partial charge in [0.1, 0.15) is 5.58 Å². The number of nitro benzene ring substituents is 1. The summed E-state index contributed by atoms with van der Waals surface area (Å²) in [6.45, 7) is 1.73. The van der Waals surface area contributed by atoms with E-state index in [1.165, 1.54) is 25.3 Å². The molecule has 17 heavy (non-hydrogen) atoms. The maximum Gasteiger partial charge on any atom is 0.336 e. The zero-order valence-corrected chi connectivity index (χ0v) is 9.22. The van der Waals surface area contributed by atoms with Crippen molar-refractivity contribution in [2.75, 3.05) is 7.11 Å². The highest BCUT2D eigenvalue weighted by molar-refractivity contribution is 5.84. The van der Waals surface area contributed by atoms with Crippen molar-refractivity contribution in [1.82, 2.24) is 0 Å². The van der Waals surface area contributed by atoms with Gasteiger partial charge in [-0.2, -0.15) is 0 Å². The molecule has 6 heteroatoms. The highest BCUT2D eigenvalue weighted by Crippen LogP contribution is 2.32. The molecule has 0 N–H and O–H groups in total. The fraction of sp³-hybridized carbons (Fsp3) is 0.182. The third-order valence-electron chi connectivity index (χ3n) is 2.45. The molecule has 0 bridgehead atoms. The second-order valence-corrected chi connectivity index (χ2v) is 3.53. The minimum Gasteiger partial charge on any atom is -0.490 e. The summed E-state index contributed by atoms with van der Waals surface area (Å²) in [5.74, 6) is 0.138. The molecule has 0 saturated carbocycles. The Morgan fingerprint density at radius 3 is 2.65 bits per heavy atom. The molecule has 1 aromatic carbocycles. The van der Waals surface area contributed by atoms with Crippen LogP contribution in [-0.2, 0) is 0 Å². The molecule has 0 fully saturated rings. The molecule has 0 atom stereocenters. The average Bonchev–Trinajstić information content (AvgIpc) is 2.27. The Bertz CT molecular complexity index is 659. The van der Waals surface area contributed by atoms with Gasteiger partial charge in [-0.05, 0) is 18.6 Å². The molecule has 0 spiro atoms. The molecule has 0 aliphatic carbocycles. The van der Waals surface area contributed by atoms with Gasteiger partial charge in [0.2, 0.25) is 0 Å². The van der Waals surface area contributed by atoms with Crippen molar-refractivity contribution in [3.63, 3.8) is 0 Å². The van der Waals surface area contributed by atoms with Crippen LogP contribution in [0.2, 0.25) is 0 Å². The highest BCUT2D eigenvalue weighted by Gasteiger charge is 2.18. The Morgan fingerprint density at radius 1 is 1.35 bits per heavy atom. The number of fused-ring (bicyclic) bond motifs is 1. The first kappa shape index (κ1) is 11.1. The van der Waals surface area contributed by atoms with Gasteiger partial charge in [0.05, 0.1) is 18.1 Å². The van der Waals surface area contributed by atoms with Crippen LogP contribution in [0, 0.1) is 17.0 Å². The first-order valence-corrected chi connectivity index (χ1v) is 4.80. The minimum atomic E-state index is -0.583. The van der Waals surface area contributed by atoms with E-state index in [4.69, 9.17) is 9.15 Å². The van der Waals surface area contributed by atoms with Gasteiger partial charge < -0.3 is 9.15 Å². The molecule has 0 radical (unpaired) electrons. The maximum absolute atomic E-state index is 11.2. The van der Waals surface area contributed by atoms with Crippen molar-refractivity contribution in [2.24, 2.45) is 0 Å². The lowest BCUT2D eigenvalue weighted by Gasteiger charge is -2.04. The van der Waals surface area contributed by atoms with E-state index in [0.717, 1.165) is 0 Å². The van der Waals surface area contributed by atoms with Crippen molar-refractivity contribution in [2.45, 2.75) is 6.92 Å². The Morgan fingerprint density at radius 2 is 2.06 bits per heavy atom. The van der Waals surface area contributed by atoms with E-state index >= 15 is 0 Å². The normalized spacial score (nSPS) is 10.5. The molecule has 0 saturated heterocycles. The number of benzene rings is 1. The van der Waals surface area contributed by atoms with Crippen LogP contribution < -0.4 is 10.4 Å². The number of ether oxygens (including phenoxy) is 1. The van der Waals surface area contributed by atoms with E-state index in [2.05, 4.69) is 0 Å². The summed E-state index contributed by atoms with van der Waals surface area (Å²) < 4.78 is 9.86. The maximum atomic E-state index is 11.2. The number of hydrogen-bond acceptors (Lipinski definition) is 5. The van der Waals surface area contributed by atoms with E-state index in [9.17, 15) is 14.9 Å². The Kier molecular flexibility index (Phi) is 2.55. The fourth-order valence-corrected chi connectivity index (χ4v) is 1.64. The molecule has 0 amide bonds. The van der Waals surface area contributed by atoms with E-state index in [0.29, 0.717) is 10.9 Å². The van der Waals surface area contributed by atoms with Crippen LogP contribution in [0.25, 0.3) is 11.0 Å². The molecule has 2 aromatic rings. The van der Waals surface area contributed by atoms with Gasteiger partial charge in [0.25, 0.3) is 0 Å². The summed E-state index contributed by atoms with van der Waals surface area (Å²) in [7, 11) is 1.35. The quantitative estimate of drug-likeness (QED) is 0.451. The van der Waals surface area contributed by atoms with Crippen LogP contribution in [0.3, 0.4) is 0 Å². The molecular formula is C11H9NO5. The summed E-state index contributed by atoms with van der Waals surface area (Å²) in [6.07, 6.45) is 0. The second-order valence-electron chi connectivity index (χ2n) is 3.53. The average molecular weight is 235 g/mol. The van der Waals surface area contributed by atoms with Crippen LogP contribution in [0.15, 0.2) is 27.4 Å². The zero-order valence-electron chi connectivity index (χ0n) is 9.22. The van der Waals surface area contributed by atoms with E-state index in [-0.39, 0.29) is 17.0 Å². The lowest BCUT2D eigenvalue weighted by atomic mass is 10.1. The highest BCUT2D eigenvalue weighted by atomic mass is 16.6. The summed E-state index contributed by atoms with van der Waals surface area (Å²) in [5, 5.41) is 11.4. The summed E-state index contributed by atoms with van der Waals surface area (Å²) in [6, 6.07) is 4.02. The topological polar surface area (TPSA) is 82.6 Å². The third kappa shape index (κ3) is 1.84. The standard InChI is InChI=1S/C11H9NO5/c1-6-3-11(13)17-9-5-8(12(14)15)10(16-2)4-7(6)9/h3-5H,1-2H3. The molecule has 88 valence electrons. The molecule has 0 unspecified atom stereocenters. The number of nitro groups is 1. The summed E-state index contributed by atoms with van der Waals surface area (Å²) in [4.78, 5) is 21.4. The van der Waals surface area contributed by atoms with Crippen molar-refractivity contribution in [3.05, 3.63) is 44.3 Å². The molecule has 0 aliphatic rings. The fourth-order valence-electron chi connectivity index (χ4n) is 1.64. The van der Waals surface area contributed by atoms with Crippen LogP contribution in [0.1, 0.15) is 5.56 Å². The van der Waals surface area contributed by atoms with Gasteiger partial charge in [-0.1, -0.05) is 0 Å². The first-order valence-electron chi connectivity index (χ1n) is 4.80. The van der Waals surface area contributed by atoms with Gasteiger partial charge in [-0.25, -0.2) is 4.79 Å². The van der Waals surface area contributed by atoms with Crippen LogP contribution in [0.5, 0.6) is 5.75 Å². The van der Waals surface area contributed by atoms with Crippen molar-refractivity contribution in [1.29, 1.82) is 0 Å².